The van der Waals surface area contributed by atoms with Crippen molar-refractivity contribution in [3.8, 4) is 0 Å². The Morgan fingerprint density at radius 3 is 2.43 bits per heavy atom. The lowest BCUT2D eigenvalue weighted by Crippen LogP contribution is -2.37. The molecule has 0 aromatic heterocycles. The number of aliphatic hydroxyl groups excluding tert-OH is 1. The molecule has 1 fully saturated rings. The van der Waals surface area contributed by atoms with E-state index in [4.69, 9.17) is 19.3 Å². The smallest absolute Gasteiger partial charge is 0.330 e. The fourth-order valence-corrected chi connectivity index (χ4v) is 2.28. The normalized spacial score (nSPS) is 17.0. The van der Waals surface area contributed by atoms with Crippen molar-refractivity contribution in [3.05, 3.63) is 12.2 Å². The van der Waals surface area contributed by atoms with Gasteiger partial charge >= 0.3 is 5.97 Å². The van der Waals surface area contributed by atoms with Gasteiger partial charge < -0.3 is 24.1 Å². The number of ether oxygens (including phenoxy) is 4. The first kappa shape index (κ1) is 20.1. The SMILES string of the molecule is COC(=O)/C=C/CN1CCC(OCCOCCOCCO)CC1. The Morgan fingerprint density at radius 2 is 1.78 bits per heavy atom. The van der Waals surface area contributed by atoms with Crippen molar-refractivity contribution in [1.82, 2.24) is 4.90 Å². The highest BCUT2D eigenvalue weighted by Gasteiger charge is 2.18. The van der Waals surface area contributed by atoms with Crippen molar-refractivity contribution in [1.29, 1.82) is 0 Å². The number of likely N-dealkylation sites (tertiary alicyclic amines) is 1. The van der Waals surface area contributed by atoms with Gasteiger partial charge in [-0.2, -0.15) is 0 Å². The monoisotopic (exact) mass is 331 g/mol. The van der Waals surface area contributed by atoms with Gasteiger partial charge in [0, 0.05) is 25.7 Å². The van der Waals surface area contributed by atoms with Gasteiger partial charge in [0.05, 0.1) is 52.9 Å². The Bertz CT molecular complexity index is 329. The van der Waals surface area contributed by atoms with E-state index in [1.165, 1.54) is 13.2 Å². The lowest BCUT2D eigenvalue weighted by molar-refractivity contribution is -0.134. The Labute approximate surface area is 138 Å². The van der Waals surface area contributed by atoms with Crippen LogP contribution in [-0.4, -0.2) is 88.5 Å². The molecular formula is C16H29NO6. The molecule has 0 amide bonds. The van der Waals surface area contributed by atoms with Crippen LogP contribution in [0.4, 0.5) is 0 Å². The first-order chi connectivity index (χ1) is 11.3. The molecule has 7 nitrogen and oxygen atoms in total. The average Bonchev–Trinajstić information content (AvgIpc) is 2.58. The average molecular weight is 331 g/mol. The molecule has 0 aliphatic carbocycles. The summed E-state index contributed by atoms with van der Waals surface area (Å²) in [6, 6.07) is 0. The quantitative estimate of drug-likeness (QED) is 0.311. The maximum Gasteiger partial charge on any atom is 0.330 e. The van der Waals surface area contributed by atoms with Crippen LogP contribution in [0.5, 0.6) is 0 Å². The summed E-state index contributed by atoms with van der Waals surface area (Å²) in [6.07, 6.45) is 5.56. The molecule has 0 spiro atoms. The number of nitrogens with zero attached hydrogens (tertiary/aromatic N) is 1. The van der Waals surface area contributed by atoms with E-state index in [2.05, 4.69) is 9.64 Å². The van der Waals surface area contributed by atoms with Crippen molar-refractivity contribution < 1.29 is 28.8 Å². The second kappa shape index (κ2) is 13.4. The Kier molecular flexibility index (Phi) is 11.7. The van der Waals surface area contributed by atoms with Crippen molar-refractivity contribution in [2.24, 2.45) is 0 Å². The minimum absolute atomic E-state index is 0.0420. The number of hydrogen-bond donors (Lipinski definition) is 1. The fraction of sp³-hybridized carbons (Fsp3) is 0.812. The number of carbonyl (C=O) groups is 1. The molecule has 1 rings (SSSR count). The van der Waals surface area contributed by atoms with Gasteiger partial charge in [-0.1, -0.05) is 6.08 Å². The zero-order valence-electron chi connectivity index (χ0n) is 13.9. The lowest BCUT2D eigenvalue weighted by atomic mass is 10.1. The second-order valence-corrected chi connectivity index (χ2v) is 5.24. The van der Waals surface area contributed by atoms with Gasteiger partial charge in [0.1, 0.15) is 0 Å². The van der Waals surface area contributed by atoms with Crippen LogP contribution in [0.3, 0.4) is 0 Å². The van der Waals surface area contributed by atoms with Crippen LogP contribution in [-0.2, 0) is 23.7 Å². The van der Waals surface area contributed by atoms with Gasteiger partial charge in [0.2, 0.25) is 0 Å². The van der Waals surface area contributed by atoms with Gasteiger partial charge in [0.15, 0.2) is 0 Å². The van der Waals surface area contributed by atoms with E-state index in [1.807, 2.05) is 6.08 Å². The van der Waals surface area contributed by atoms with Crippen LogP contribution >= 0.6 is 0 Å². The molecule has 0 aromatic carbocycles. The predicted octanol–water partition coefficient (Wildman–Crippen LogP) is 0.222. The van der Waals surface area contributed by atoms with Gasteiger partial charge in [-0.25, -0.2) is 4.79 Å². The molecule has 1 saturated heterocycles. The lowest BCUT2D eigenvalue weighted by Gasteiger charge is -2.31. The molecule has 1 aliphatic rings. The van der Waals surface area contributed by atoms with Gasteiger partial charge in [0.25, 0.3) is 0 Å². The number of carbonyl (C=O) groups excluding carboxylic acids is 1. The number of aliphatic hydroxyl groups is 1. The molecule has 0 unspecified atom stereocenters. The van der Waals surface area contributed by atoms with Gasteiger partial charge in [-0.3, -0.25) is 4.90 Å². The fourth-order valence-electron chi connectivity index (χ4n) is 2.28. The summed E-state index contributed by atoms with van der Waals surface area (Å²) in [4.78, 5) is 13.3. The van der Waals surface area contributed by atoms with Crippen LogP contribution < -0.4 is 0 Å². The summed E-state index contributed by atoms with van der Waals surface area (Å²) < 4.78 is 20.8. The van der Waals surface area contributed by atoms with Crippen molar-refractivity contribution in [2.45, 2.75) is 18.9 Å². The summed E-state index contributed by atoms with van der Waals surface area (Å²) >= 11 is 0. The van der Waals surface area contributed by atoms with E-state index < -0.39 is 0 Å². The Hall–Kier alpha value is -0.990. The Morgan fingerprint density at radius 1 is 1.13 bits per heavy atom. The van der Waals surface area contributed by atoms with E-state index in [0.29, 0.717) is 33.0 Å². The standard InChI is InChI=1S/C16H29NO6/c1-20-16(19)3-2-6-17-7-4-15(5-8-17)23-14-13-22-12-11-21-10-9-18/h2-3,15,18H,4-14H2,1H3/b3-2+. The summed E-state index contributed by atoms with van der Waals surface area (Å²) in [5.41, 5.74) is 0. The topological polar surface area (TPSA) is 77.5 Å². The molecular weight excluding hydrogens is 302 g/mol. The summed E-state index contributed by atoms with van der Waals surface area (Å²) in [6.45, 7) is 5.26. The number of rotatable bonds is 12. The first-order valence-electron chi connectivity index (χ1n) is 8.11. The zero-order chi connectivity index (χ0) is 16.8. The van der Waals surface area contributed by atoms with E-state index in [0.717, 1.165) is 32.5 Å². The summed E-state index contributed by atoms with van der Waals surface area (Å²) in [5.74, 6) is -0.315. The molecule has 0 bridgehead atoms. The molecule has 134 valence electrons. The maximum absolute atomic E-state index is 11.0. The summed E-state index contributed by atoms with van der Waals surface area (Å²) in [7, 11) is 1.38. The number of piperidine rings is 1. The minimum Gasteiger partial charge on any atom is -0.466 e. The van der Waals surface area contributed by atoms with E-state index in [-0.39, 0.29) is 18.7 Å². The largest absolute Gasteiger partial charge is 0.466 e. The van der Waals surface area contributed by atoms with Crippen LogP contribution in [0.2, 0.25) is 0 Å². The van der Waals surface area contributed by atoms with E-state index in [1.54, 1.807) is 0 Å². The number of hydrogen-bond acceptors (Lipinski definition) is 7. The summed E-state index contributed by atoms with van der Waals surface area (Å²) in [5, 5.41) is 8.54. The third-order valence-electron chi connectivity index (χ3n) is 3.54. The van der Waals surface area contributed by atoms with Crippen molar-refractivity contribution >= 4 is 5.97 Å². The highest BCUT2D eigenvalue weighted by molar-refractivity contribution is 5.81. The number of methoxy groups -OCH3 is 1. The first-order valence-corrected chi connectivity index (χ1v) is 8.11. The zero-order valence-corrected chi connectivity index (χ0v) is 13.9. The van der Waals surface area contributed by atoms with E-state index >= 15 is 0 Å². The predicted molar refractivity (Wildman–Crippen MR) is 85.3 cm³/mol. The molecule has 1 N–H and O–H groups in total. The highest BCUT2D eigenvalue weighted by Crippen LogP contribution is 2.13. The molecule has 1 aliphatic heterocycles. The van der Waals surface area contributed by atoms with Gasteiger partial charge in [-0.05, 0) is 12.8 Å². The van der Waals surface area contributed by atoms with Gasteiger partial charge in [-0.15, -0.1) is 0 Å². The maximum atomic E-state index is 11.0. The highest BCUT2D eigenvalue weighted by atomic mass is 16.5. The van der Waals surface area contributed by atoms with Crippen LogP contribution in [0.25, 0.3) is 0 Å². The molecule has 0 radical (unpaired) electrons. The molecule has 0 saturated carbocycles. The minimum atomic E-state index is -0.315. The van der Waals surface area contributed by atoms with E-state index in [9.17, 15) is 4.79 Å². The third kappa shape index (κ3) is 10.4. The molecule has 0 atom stereocenters. The molecule has 7 heteroatoms. The van der Waals surface area contributed by atoms with Crippen LogP contribution in [0, 0.1) is 0 Å². The van der Waals surface area contributed by atoms with Crippen LogP contribution in [0.15, 0.2) is 12.2 Å². The Balaban J connectivity index is 1.95. The van der Waals surface area contributed by atoms with Crippen molar-refractivity contribution in [3.63, 3.8) is 0 Å². The molecule has 1 heterocycles. The molecule has 23 heavy (non-hydrogen) atoms. The molecule has 0 aromatic rings. The van der Waals surface area contributed by atoms with Crippen LogP contribution in [0.1, 0.15) is 12.8 Å². The van der Waals surface area contributed by atoms with Crippen molar-refractivity contribution in [2.75, 3.05) is 66.4 Å². The number of esters is 1. The second-order valence-electron chi connectivity index (χ2n) is 5.24. The third-order valence-corrected chi connectivity index (χ3v) is 3.54.